The molecule has 1 aromatic heterocycles. The molecular weight excluding hydrogens is 404 g/mol. The molecular formula is C30H40N2O. The fourth-order valence-electron chi connectivity index (χ4n) is 4.50. The number of unbranched alkanes of at least 4 members (excludes halogenated alkanes) is 9. The molecule has 0 bridgehead atoms. The van der Waals surface area contributed by atoms with Gasteiger partial charge in [0.25, 0.3) is 5.91 Å². The zero-order valence-corrected chi connectivity index (χ0v) is 20.8. The van der Waals surface area contributed by atoms with Crippen LogP contribution in [0.1, 0.15) is 92.6 Å². The van der Waals surface area contributed by atoms with Crippen molar-refractivity contribution in [1.82, 2.24) is 10.3 Å². The normalized spacial score (nSPS) is 11.1. The lowest BCUT2D eigenvalue weighted by atomic mass is 9.96. The average molecular weight is 445 g/mol. The summed E-state index contributed by atoms with van der Waals surface area (Å²) >= 11 is 0. The molecule has 0 fully saturated rings. The van der Waals surface area contributed by atoms with Crippen molar-refractivity contribution in [2.45, 2.75) is 85.0 Å². The van der Waals surface area contributed by atoms with E-state index in [9.17, 15) is 4.79 Å². The third kappa shape index (κ3) is 7.15. The number of benzene rings is 2. The molecule has 0 aliphatic rings. The van der Waals surface area contributed by atoms with Crippen LogP contribution in [0.2, 0.25) is 0 Å². The van der Waals surface area contributed by atoms with Gasteiger partial charge in [0, 0.05) is 17.5 Å². The van der Waals surface area contributed by atoms with Crippen molar-refractivity contribution in [3.05, 3.63) is 65.2 Å². The summed E-state index contributed by atoms with van der Waals surface area (Å²) in [5.41, 5.74) is 5.71. The highest BCUT2D eigenvalue weighted by molar-refractivity contribution is 6.08. The maximum atomic E-state index is 13.2. The van der Waals surface area contributed by atoms with Gasteiger partial charge in [0.05, 0.1) is 16.8 Å². The highest BCUT2D eigenvalue weighted by Gasteiger charge is 2.18. The largest absolute Gasteiger partial charge is 0.352 e. The summed E-state index contributed by atoms with van der Waals surface area (Å²) in [6, 6.07) is 16.3. The van der Waals surface area contributed by atoms with Gasteiger partial charge in [-0.15, -0.1) is 0 Å². The summed E-state index contributed by atoms with van der Waals surface area (Å²) in [5, 5.41) is 4.10. The summed E-state index contributed by atoms with van der Waals surface area (Å²) in [5.74, 6) is 0.00962. The van der Waals surface area contributed by atoms with E-state index < -0.39 is 0 Å². The minimum Gasteiger partial charge on any atom is -0.352 e. The van der Waals surface area contributed by atoms with Crippen LogP contribution >= 0.6 is 0 Å². The number of nitrogens with zero attached hydrogens (tertiary/aromatic N) is 1. The van der Waals surface area contributed by atoms with Crippen LogP contribution in [0.15, 0.2) is 48.5 Å². The number of amides is 1. The quantitative estimate of drug-likeness (QED) is 0.270. The Balaban J connectivity index is 1.58. The molecule has 0 unspecified atom stereocenters. The van der Waals surface area contributed by atoms with Crippen molar-refractivity contribution in [2.75, 3.05) is 6.54 Å². The molecule has 1 N–H and O–H groups in total. The second-order valence-corrected chi connectivity index (χ2v) is 9.28. The molecule has 176 valence electrons. The first-order valence-corrected chi connectivity index (χ1v) is 12.9. The third-order valence-electron chi connectivity index (χ3n) is 6.50. The van der Waals surface area contributed by atoms with Crippen molar-refractivity contribution in [2.24, 2.45) is 0 Å². The number of para-hydroxylation sites is 1. The van der Waals surface area contributed by atoms with Crippen LogP contribution in [0.3, 0.4) is 0 Å². The Labute approximate surface area is 200 Å². The number of hydrogen-bond acceptors (Lipinski definition) is 2. The Bertz CT molecular complexity index is 1020. The van der Waals surface area contributed by atoms with E-state index in [0.29, 0.717) is 0 Å². The zero-order chi connectivity index (χ0) is 23.5. The van der Waals surface area contributed by atoms with Gasteiger partial charge in [-0.05, 0) is 31.9 Å². The predicted molar refractivity (Wildman–Crippen MR) is 141 cm³/mol. The Kier molecular flexibility index (Phi) is 9.93. The number of aryl methyl sites for hydroxylation is 1. The first kappa shape index (κ1) is 25.0. The van der Waals surface area contributed by atoms with Crippen molar-refractivity contribution >= 4 is 16.8 Å². The standard InChI is InChI=1S/C30H40N2O/c1-4-5-6-7-8-9-10-11-12-15-22-31-30(33)28-24(3)29(25-20-18-23(2)19-21-25)32-27-17-14-13-16-26(27)28/h13-14,16-21H,4-12,15,22H2,1-3H3,(H,31,33). The number of pyridine rings is 1. The number of carbonyl (C=O) groups excluding carboxylic acids is 1. The van der Waals surface area contributed by atoms with Gasteiger partial charge in [-0.3, -0.25) is 4.79 Å². The second-order valence-electron chi connectivity index (χ2n) is 9.28. The average Bonchev–Trinajstić information content (AvgIpc) is 2.82. The molecule has 0 radical (unpaired) electrons. The minimum absolute atomic E-state index is 0.00962. The zero-order valence-electron chi connectivity index (χ0n) is 20.8. The van der Waals surface area contributed by atoms with Gasteiger partial charge in [-0.1, -0.05) is 113 Å². The van der Waals surface area contributed by atoms with E-state index in [1.807, 2.05) is 31.2 Å². The summed E-state index contributed by atoms with van der Waals surface area (Å²) in [6.07, 6.45) is 13.0. The molecule has 2 aromatic carbocycles. The molecule has 1 amide bonds. The highest BCUT2D eigenvalue weighted by Crippen LogP contribution is 2.29. The first-order valence-electron chi connectivity index (χ1n) is 12.9. The lowest BCUT2D eigenvalue weighted by Gasteiger charge is -2.15. The molecule has 0 aliphatic carbocycles. The third-order valence-corrected chi connectivity index (χ3v) is 6.50. The molecule has 0 spiro atoms. The highest BCUT2D eigenvalue weighted by atomic mass is 16.1. The van der Waals surface area contributed by atoms with Gasteiger partial charge in [0.1, 0.15) is 0 Å². The molecule has 0 aliphatic heterocycles. The van der Waals surface area contributed by atoms with E-state index in [-0.39, 0.29) is 5.91 Å². The van der Waals surface area contributed by atoms with Gasteiger partial charge in [0.15, 0.2) is 0 Å². The fourth-order valence-corrected chi connectivity index (χ4v) is 4.50. The number of fused-ring (bicyclic) bond motifs is 1. The monoisotopic (exact) mass is 444 g/mol. The van der Waals surface area contributed by atoms with Crippen LogP contribution in [0.5, 0.6) is 0 Å². The summed E-state index contributed by atoms with van der Waals surface area (Å²) in [4.78, 5) is 18.1. The maximum Gasteiger partial charge on any atom is 0.252 e. The molecule has 3 aromatic rings. The number of rotatable bonds is 13. The smallest absolute Gasteiger partial charge is 0.252 e. The minimum atomic E-state index is 0.00962. The van der Waals surface area contributed by atoms with Crippen LogP contribution in [0.4, 0.5) is 0 Å². The van der Waals surface area contributed by atoms with Gasteiger partial charge in [-0.2, -0.15) is 0 Å². The molecule has 3 heteroatoms. The van der Waals surface area contributed by atoms with Crippen LogP contribution in [-0.4, -0.2) is 17.4 Å². The Morgan fingerprint density at radius 2 is 1.39 bits per heavy atom. The second kappa shape index (κ2) is 13.1. The van der Waals surface area contributed by atoms with Gasteiger partial charge < -0.3 is 5.32 Å². The lowest BCUT2D eigenvalue weighted by Crippen LogP contribution is -2.26. The lowest BCUT2D eigenvalue weighted by molar-refractivity contribution is 0.0954. The number of nitrogens with one attached hydrogen (secondary N) is 1. The van der Waals surface area contributed by atoms with E-state index in [0.717, 1.165) is 46.3 Å². The van der Waals surface area contributed by atoms with Crippen molar-refractivity contribution < 1.29 is 4.79 Å². The fraction of sp³-hybridized carbons (Fsp3) is 0.467. The molecule has 0 saturated carbocycles. The van der Waals surface area contributed by atoms with Gasteiger partial charge in [0.2, 0.25) is 0 Å². The summed E-state index contributed by atoms with van der Waals surface area (Å²) < 4.78 is 0. The van der Waals surface area contributed by atoms with Gasteiger partial charge >= 0.3 is 0 Å². The van der Waals surface area contributed by atoms with Crippen LogP contribution in [0, 0.1) is 13.8 Å². The Morgan fingerprint density at radius 1 is 0.788 bits per heavy atom. The van der Waals surface area contributed by atoms with Crippen LogP contribution < -0.4 is 5.32 Å². The summed E-state index contributed by atoms with van der Waals surface area (Å²) in [6.45, 7) is 7.09. The first-order chi connectivity index (χ1) is 16.1. The topological polar surface area (TPSA) is 42.0 Å². The molecule has 3 nitrogen and oxygen atoms in total. The molecule has 0 saturated heterocycles. The SMILES string of the molecule is CCCCCCCCCCCCNC(=O)c1c(C)c(-c2ccc(C)cc2)nc2ccccc12. The molecule has 1 heterocycles. The van der Waals surface area contributed by atoms with E-state index in [2.05, 4.69) is 43.4 Å². The maximum absolute atomic E-state index is 13.2. The molecule has 0 atom stereocenters. The van der Waals surface area contributed by atoms with Crippen LogP contribution in [-0.2, 0) is 0 Å². The van der Waals surface area contributed by atoms with Crippen molar-refractivity contribution in [3.63, 3.8) is 0 Å². The molecule has 3 rings (SSSR count). The molecule has 33 heavy (non-hydrogen) atoms. The van der Waals surface area contributed by atoms with E-state index in [1.165, 1.54) is 63.4 Å². The van der Waals surface area contributed by atoms with Gasteiger partial charge in [-0.25, -0.2) is 4.98 Å². The number of hydrogen-bond donors (Lipinski definition) is 1. The van der Waals surface area contributed by atoms with E-state index >= 15 is 0 Å². The number of aromatic nitrogens is 1. The Hall–Kier alpha value is -2.68. The van der Waals surface area contributed by atoms with Crippen molar-refractivity contribution in [1.29, 1.82) is 0 Å². The van der Waals surface area contributed by atoms with E-state index in [1.54, 1.807) is 0 Å². The predicted octanol–water partition coefficient (Wildman–Crippen LogP) is 8.17. The van der Waals surface area contributed by atoms with E-state index in [4.69, 9.17) is 4.98 Å². The number of carbonyl (C=O) groups is 1. The Morgan fingerprint density at radius 3 is 2.06 bits per heavy atom. The summed E-state index contributed by atoms with van der Waals surface area (Å²) in [7, 11) is 0. The van der Waals surface area contributed by atoms with Crippen LogP contribution in [0.25, 0.3) is 22.2 Å². The van der Waals surface area contributed by atoms with Crippen molar-refractivity contribution in [3.8, 4) is 11.3 Å².